The number of thioether (sulfide) groups is 1. The molecule has 0 spiro atoms. The Morgan fingerprint density at radius 3 is 2.63 bits per heavy atom. The van der Waals surface area contributed by atoms with Crippen LogP contribution in [-0.4, -0.2) is 40.7 Å². The molecule has 2 aromatic carbocycles. The zero-order chi connectivity index (χ0) is 19.4. The molecule has 138 valence electrons. The molecule has 0 aromatic heterocycles. The Morgan fingerprint density at radius 2 is 1.89 bits per heavy atom. The van der Waals surface area contributed by atoms with E-state index in [9.17, 15) is 19.5 Å². The summed E-state index contributed by atoms with van der Waals surface area (Å²) in [6.45, 7) is -0.416. The van der Waals surface area contributed by atoms with E-state index in [1.807, 2.05) is 0 Å². The van der Waals surface area contributed by atoms with Crippen molar-refractivity contribution in [2.24, 2.45) is 0 Å². The second-order valence-corrected chi connectivity index (χ2v) is 6.57. The molecule has 1 heterocycles. The van der Waals surface area contributed by atoms with Gasteiger partial charge in [0, 0.05) is 5.56 Å². The monoisotopic (exact) mass is 384 g/mol. The van der Waals surface area contributed by atoms with Gasteiger partial charge in [0.1, 0.15) is 18.0 Å². The number of amides is 3. The Morgan fingerprint density at radius 1 is 1.19 bits per heavy atom. The normalized spacial score (nSPS) is 15.3. The summed E-state index contributed by atoms with van der Waals surface area (Å²) in [6.07, 6.45) is 1.43. The molecule has 0 saturated carbocycles. The van der Waals surface area contributed by atoms with Gasteiger partial charge in [-0.25, -0.2) is 0 Å². The van der Waals surface area contributed by atoms with Gasteiger partial charge < -0.3 is 15.2 Å². The standard InChI is InChI=1S/C19H16N2O5S/c1-26-15-9-5-3-7-13(15)20-17(23)11-21-18(24)16(27-19(21)25)10-12-6-2-4-8-14(12)22/h2-10,22H,11H2,1H3,(H,20,23)/b16-10-. The molecule has 0 bridgehead atoms. The predicted octanol–water partition coefficient (Wildman–Crippen LogP) is 3.08. The zero-order valence-electron chi connectivity index (χ0n) is 14.3. The number of methoxy groups -OCH3 is 1. The van der Waals surface area contributed by atoms with Crippen molar-refractivity contribution in [3.8, 4) is 11.5 Å². The third kappa shape index (κ3) is 4.12. The van der Waals surface area contributed by atoms with Gasteiger partial charge in [-0.05, 0) is 36.0 Å². The van der Waals surface area contributed by atoms with Crippen LogP contribution in [0.25, 0.3) is 6.08 Å². The molecule has 8 heteroatoms. The molecule has 2 aromatic rings. The number of carbonyl (C=O) groups excluding carboxylic acids is 3. The molecule has 27 heavy (non-hydrogen) atoms. The van der Waals surface area contributed by atoms with Gasteiger partial charge in [0.05, 0.1) is 17.7 Å². The fraction of sp³-hybridized carbons (Fsp3) is 0.105. The van der Waals surface area contributed by atoms with Crippen molar-refractivity contribution < 1.29 is 24.2 Å². The minimum Gasteiger partial charge on any atom is -0.507 e. The summed E-state index contributed by atoms with van der Waals surface area (Å²) in [4.78, 5) is 37.9. The van der Waals surface area contributed by atoms with Crippen LogP contribution in [-0.2, 0) is 9.59 Å². The lowest BCUT2D eigenvalue weighted by Gasteiger charge is -2.14. The molecule has 7 nitrogen and oxygen atoms in total. The van der Waals surface area contributed by atoms with E-state index in [1.54, 1.807) is 42.5 Å². The fourth-order valence-electron chi connectivity index (χ4n) is 2.47. The molecule has 1 fully saturated rings. The van der Waals surface area contributed by atoms with Crippen molar-refractivity contribution in [3.63, 3.8) is 0 Å². The summed E-state index contributed by atoms with van der Waals surface area (Å²) >= 11 is 0.724. The maximum atomic E-state index is 12.5. The highest BCUT2D eigenvalue weighted by Crippen LogP contribution is 2.33. The Labute approximate surface area is 159 Å². The average Bonchev–Trinajstić information content (AvgIpc) is 2.91. The summed E-state index contributed by atoms with van der Waals surface area (Å²) < 4.78 is 5.15. The van der Waals surface area contributed by atoms with E-state index >= 15 is 0 Å². The minimum absolute atomic E-state index is 0.00165. The number of nitrogens with zero attached hydrogens (tertiary/aromatic N) is 1. The highest BCUT2D eigenvalue weighted by Gasteiger charge is 2.36. The van der Waals surface area contributed by atoms with Gasteiger partial charge in [0.2, 0.25) is 5.91 Å². The van der Waals surface area contributed by atoms with E-state index in [0.717, 1.165) is 16.7 Å². The fourth-order valence-corrected chi connectivity index (χ4v) is 3.30. The van der Waals surface area contributed by atoms with Crippen LogP contribution in [0.15, 0.2) is 53.4 Å². The van der Waals surface area contributed by atoms with Gasteiger partial charge in [-0.15, -0.1) is 0 Å². The van der Waals surface area contributed by atoms with Gasteiger partial charge in [-0.1, -0.05) is 30.3 Å². The summed E-state index contributed by atoms with van der Waals surface area (Å²) in [5.41, 5.74) is 0.864. The van der Waals surface area contributed by atoms with E-state index in [4.69, 9.17) is 4.74 Å². The summed E-state index contributed by atoms with van der Waals surface area (Å²) in [7, 11) is 1.48. The number of aromatic hydroxyl groups is 1. The van der Waals surface area contributed by atoms with Gasteiger partial charge in [-0.3, -0.25) is 19.3 Å². The van der Waals surface area contributed by atoms with Gasteiger partial charge >= 0.3 is 0 Å². The number of carbonyl (C=O) groups is 3. The van der Waals surface area contributed by atoms with Crippen LogP contribution in [0.3, 0.4) is 0 Å². The number of para-hydroxylation sites is 3. The van der Waals surface area contributed by atoms with Crippen LogP contribution < -0.4 is 10.1 Å². The molecule has 3 rings (SSSR count). The van der Waals surface area contributed by atoms with Crippen LogP contribution in [0.1, 0.15) is 5.56 Å². The van der Waals surface area contributed by atoms with Crippen molar-refractivity contribution in [3.05, 3.63) is 59.0 Å². The Bertz CT molecular complexity index is 941. The SMILES string of the molecule is COc1ccccc1NC(=O)CN1C(=O)S/C(=C\c2ccccc2O)C1=O. The predicted molar refractivity (Wildman–Crippen MR) is 102 cm³/mol. The Balaban J connectivity index is 1.72. The first-order valence-corrected chi connectivity index (χ1v) is 8.77. The second-order valence-electron chi connectivity index (χ2n) is 5.58. The molecule has 1 saturated heterocycles. The van der Waals surface area contributed by atoms with Crippen molar-refractivity contribution >= 4 is 40.6 Å². The number of hydrogen-bond donors (Lipinski definition) is 2. The molecular weight excluding hydrogens is 368 g/mol. The third-order valence-electron chi connectivity index (χ3n) is 3.78. The first-order chi connectivity index (χ1) is 13.0. The summed E-state index contributed by atoms with van der Waals surface area (Å²) in [5.74, 6) is -0.633. The molecule has 1 aliphatic heterocycles. The summed E-state index contributed by atoms with van der Waals surface area (Å²) in [5, 5.41) is 11.9. The van der Waals surface area contributed by atoms with Crippen LogP contribution in [0.4, 0.5) is 10.5 Å². The first kappa shape index (κ1) is 18.5. The first-order valence-electron chi connectivity index (χ1n) is 7.96. The largest absolute Gasteiger partial charge is 0.507 e. The van der Waals surface area contributed by atoms with Crippen molar-refractivity contribution in [2.75, 3.05) is 19.0 Å². The van der Waals surface area contributed by atoms with Crippen LogP contribution in [0.5, 0.6) is 11.5 Å². The average molecular weight is 384 g/mol. The molecule has 0 aliphatic carbocycles. The number of phenolic OH excluding ortho intramolecular Hbond substituents is 1. The van der Waals surface area contributed by atoms with E-state index in [2.05, 4.69) is 5.32 Å². The highest BCUT2D eigenvalue weighted by molar-refractivity contribution is 8.18. The van der Waals surface area contributed by atoms with Gasteiger partial charge in [0.25, 0.3) is 11.1 Å². The number of imide groups is 1. The lowest BCUT2D eigenvalue weighted by molar-refractivity contribution is -0.127. The van der Waals surface area contributed by atoms with Crippen LogP contribution in [0, 0.1) is 0 Å². The lowest BCUT2D eigenvalue weighted by atomic mass is 10.2. The number of phenols is 1. The van der Waals surface area contributed by atoms with Crippen molar-refractivity contribution in [1.29, 1.82) is 0 Å². The molecule has 2 N–H and O–H groups in total. The number of hydrogen-bond acceptors (Lipinski definition) is 6. The molecule has 1 aliphatic rings. The van der Waals surface area contributed by atoms with E-state index < -0.39 is 23.6 Å². The maximum Gasteiger partial charge on any atom is 0.294 e. The number of rotatable bonds is 5. The molecule has 0 unspecified atom stereocenters. The summed E-state index contributed by atoms with van der Waals surface area (Å²) in [6, 6.07) is 13.3. The van der Waals surface area contributed by atoms with E-state index in [-0.39, 0.29) is 10.7 Å². The van der Waals surface area contributed by atoms with Gasteiger partial charge in [0.15, 0.2) is 0 Å². The van der Waals surface area contributed by atoms with Gasteiger partial charge in [-0.2, -0.15) is 0 Å². The van der Waals surface area contributed by atoms with Crippen LogP contribution >= 0.6 is 11.8 Å². The van der Waals surface area contributed by atoms with Crippen molar-refractivity contribution in [2.45, 2.75) is 0 Å². The molecule has 3 amide bonds. The zero-order valence-corrected chi connectivity index (χ0v) is 15.2. The Kier molecular flexibility index (Phi) is 5.46. The number of nitrogens with one attached hydrogen (secondary N) is 1. The Hall–Kier alpha value is -3.26. The number of anilines is 1. The minimum atomic E-state index is -0.580. The molecule has 0 atom stereocenters. The van der Waals surface area contributed by atoms with Crippen LogP contribution in [0.2, 0.25) is 0 Å². The topological polar surface area (TPSA) is 95.9 Å². The van der Waals surface area contributed by atoms with E-state index in [0.29, 0.717) is 17.0 Å². The molecular formula is C19H16N2O5S. The third-order valence-corrected chi connectivity index (χ3v) is 4.69. The van der Waals surface area contributed by atoms with Crippen molar-refractivity contribution in [1.82, 2.24) is 4.90 Å². The molecule has 0 radical (unpaired) electrons. The highest BCUT2D eigenvalue weighted by atomic mass is 32.2. The number of ether oxygens (including phenoxy) is 1. The smallest absolute Gasteiger partial charge is 0.294 e. The lowest BCUT2D eigenvalue weighted by Crippen LogP contribution is -2.36. The van der Waals surface area contributed by atoms with E-state index in [1.165, 1.54) is 19.3 Å². The quantitative estimate of drug-likeness (QED) is 0.769. The second kappa shape index (κ2) is 7.96. The maximum absolute atomic E-state index is 12.5. The number of benzene rings is 2.